The van der Waals surface area contributed by atoms with Crippen molar-refractivity contribution in [3.8, 4) is 0 Å². The Labute approximate surface area is 110 Å². The predicted molar refractivity (Wildman–Crippen MR) is 72.1 cm³/mol. The molecule has 0 N–H and O–H groups in total. The fraction of sp³-hybridized carbons (Fsp3) is 1.00. The van der Waals surface area contributed by atoms with Crippen molar-refractivity contribution in [2.45, 2.75) is 39.2 Å². The molecule has 0 fully saturated rings. The summed E-state index contributed by atoms with van der Waals surface area (Å²) < 4.78 is 26.8. The average Bonchev–Trinajstić information content (AvgIpc) is 2.25. The van der Waals surface area contributed by atoms with Gasteiger partial charge in [0.15, 0.2) is 0 Å². The molecule has 0 aromatic rings. The maximum absolute atomic E-state index is 10.9. The minimum Gasteiger partial charge on any atom is -0.383 e. The van der Waals surface area contributed by atoms with Crippen LogP contribution in [0.1, 0.15) is 33.1 Å². The zero-order chi connectivity index (χ0) is 13.3. The van der Waals surface area contributed by atoms with E-state index in [0.29, 0.717) is 19.1 Å². The Hall–Kier alpha value is 0.160. The summed E-state index contributed by atoms with van der Waals surface area (Å²) in [5.41, 5.74) is 0. The van der Waals surface area contributed by atoms with E-state index in [1.807, 2.05) is 0 Å². The second-order valence-corrected chi connectivity index (χ2v) is 6.99. The van der Waals surface area contributed by atoms with Gasteiger partial charge in [-0.25, -0.2) is 8.42 Å². The summed E-state index contributed by atoms with van der Waals surface area (Å²) in [4.78, 5) is 2.28. The third-order valence-corrected chi connectivity index (χ3v) is 4.11. The van der Waals surface area contributed by atoms with Gasteiger partial charge in [-0.05, 0) is 25.8 Å². The van der Waals surface area contributed by atoms with Crippen LogP contribution in [0, 0.1) is 0 Å². The van der Waals surface area contributed by atoms with E-state index in [2.05, 4.69) is 18.7 Å². The van der Waals surface area contributed by atoms with Gasteiger partial charge in [0, 0.05) is 30.4 Å². The van der Waals surface area contributed by atoms with Gasteiger partial charge >= 0.3 is 0 Å². The van der Waals surface area contributed by atoms with E-state index < -0.39 is 9.05 Å². The van der Waals surface area contributed by atoms with Crippen molar-refractivity contribution in [2.24, 2.45) is 0 Å². The minimum absolute atomic E-state index is 0.0399. The highest BCUT2D eigenvalue weighted by molar-refractivity contribution is 8.13. The molecule has 0 aliphatic rings. The first-order chi connectivity index (χ1) is 7.94. The first kappa shape index (κ1) is 17.2. The van der Waals surface area contributed by atoms with E-state index in [9.17, 15) is 8.42 Å². The van der Waals surface area contributed by atoms with E-state index in [1.54, 1.807) is 7.11 Å². The van der Waals surface area contributed by atoms with Crippen molar-refractivity contribution in [1.82, 2.24) is 4.90 Å². The number of hydrogen-bond acceptors (Lipinski definition) is 4. The zero-order valence-corrected chi connectivity index (χ0v) is 12.6. The molecule has 0 atom stereocenters. The predicted octanol–water partition coefficient (Wildman–Crippen LogP) is 2.08. The molecule has 0 amide bonds. The fourth-order valence-corrected chi connectivity index (χ4v) is 2.73. The SMILES string of the molecule is CCC(CC)N(CCCS(=O)(=O)Cl)CCOC. The van der Waals surface area contributed by atoms with Crippen molar-refractivity contribution in [1.29, 1.82) is 0 Å². The fourth-order valence-electron chi connectivity index (χ4n) is 1.93. The van der Waals surface area contributed by atoms with Crippen molar-refractivity contribution in [3.05, 3.63) is 0 Å². The van der Waals surface area contributed by atoms with Gasteiger partial charge in [0.25, 0.3) is 0 Å². The van der Waals surface area contributed by atoms with Gasteiger partial charge in [-0.2, -0.15) is 0 Å². The molecular weight excluding hydrogens is 262 g/mol. The van der Waals surface area contributed by atoms with Crippen molar-refractivity contribution >= 4 is 19.7 Å². The molecule has 0 rings (SSSR count). The third kappa shape index (κ3) is 8.83. The molecule has 0 radical (unpaired) electrons. The highest BCUT2D eigenvalue weighted by Gasteiger charge is 2.15. The zero-order valence-electron chi connectivity index (χ0n) is 11.0. The molecule has 0 heterocycles. The Morgan fingerprint density at radius 2 is 1.82 bits per heavy atom. The summed E-state index contributed by atoms with van der Waals surface area (Å²) in [5.74, 6) is 0.0399. The Balaban J connectivity index is 4.18. The highest BCUT2D eigenvalue weighted by Crippen LogP contribution is 2.10. The van der Waals surface area contributed by atoms with Gasteiger partial charge in [0.05, 0.1) is 12.4 Å². The Kier molecular flexibility index (Phi) is 9.22. The standard InChI is InChI=1S/C11H24ClNO3S/c1-4-11(5-2)13(8-9-16-3)7-6-10-17(12,14)15/h11H,4-10H2,1-3H3. The normalized spacial score (nSPS) is 12.6. The van der Waals surface area contributed by atoms with Crippen LogP contribution in [-0.2, 0) is 13.8 Å². The lowest BCUT2D eigenvalue weighted by Gasteiger charge is -2.30. The quantitative estimate of drug-likeness (QED) is 0.577. The van der Waals surface area contributed by atoms with E-state index in [-0.39, 0.29) is 5.75 Å². The molecule has 0 unspecified atom stereocenters. The molecule has 104 valence electrons. The smallest absolute Gasteiger partial charge is 0.232 e. The number of methoxy groups -OCH3 is 1. The number of ether oxygens (including phenoxy) is 1. The van der Waals surface area contributed by atoms with E-state index in [4.69, 9.17) is 15.4 Å². The summed E-state index contributed by atoms with van der Waals surface area (Å²) in [6.45, 7) is 6.55. The molecule has 17 heavy (non-hydrogen) atoms. The number of nitrogens with zero attached hydrogens (tertiary/aromatic N) is 1. The van der Waals surface area contributed by atoms with Gasteiger partial charge in [-0.3, -0.25) is 4.90 Å². The molecule has 0 aromatic heterocycles. The molecule has 0 spiro atoms. The largest absolute Gasteiger partial charge is 0.383 e. The summed E-state index contributed by atoms with van der Waals surface area (Å²) >= 11 is 0. The lowest BCUT2D eigenvalue weighted by atomic mass is 10.1. The van der Waals surface area contributed by atoms with Crippen LogP contribution in [0.15, 0.2) is 0 Å². The molecule has 0 saturated carbocycles. The molecule has 6 heteroatoms. The number of halogens is 1. The summed E-state index contributed by atoms with van der Waals surface area (Å²) in [6.07, 6.45) is 2.70. The lowest BCUT2D eigenvalue weighted by molar-refractivity contribution is 0.115. The number of hydrogen-bond donors (Lipinski definition) is 0. The first-order valence-electron chi connectivity index (χ1n) is 6.09. The van der Waals surface area contributed by atoms with Crippen molar-refractivity contribution < 1.29 is 13.2 Å². The lowest BCUT2D eigenvalue weighted by Crippen LogP contribution is -2.38. The van der Waals surface area contributed by atoms with Gasteiger partial charge in [0.2, 0.25) is 9.05 Å². The first-order valence-corrected chi connectivity index (χ1v) is 8.57. The topological polar surface area (TPSA) is 46.6 Å². The Bertz CT molecular complexity index is 278. The van der Waals surface area contributed by atoms with Gasteiger partial charge in [-0.15, -0.1) is 0 Å². The van der Waals surface area contributed by atoms with Crippen LogP contribution in [-0.4, -0.2) is 51.9 Å². The van der Waals surface area contributed by atoms with Crippen LogP contribution in [0.3, 0.4) is 0 Å². The van der Waals surface area contributed by atoms with Crippen LogP contribution < -0.4 is 0 Å². The van der Waals surface area contributed by atoms with E-state index >= 15 is 0 Å². The third-order valence-electron chi connectivity index (χ3n) is 2.88. The molecular formula is C11H24ClNO3S. The van der Waals surface area contributed by atoms with Crippen molar-refractivity contribution in [2.75, 3.05) is 32.6 Å². The van der Waals surface area contributed by atoms with Crippen LogP contribution >= 0.6 is 10.7 Å². The summed E-state index contributed by atoms with van der Waals surface area (Å²) in [7, 11) is 3.51. The highest BCUT2D eigenvalue weighted by atomic mass is 35.7. The molecule has 0 saturated heterocycles. The number of rotatable bonds is 10. The van der Waals surface area contributed by atoms with Crippen molar-refractivity contribution in [3.63, 3.8) is 0 Å². The second-order valence-electron chi connectivity index (χ2n) is 4.10. The molecule has 0 aliphatic heterocycles. The Morgan fingerprint density at radius 1 is 1.24 bits per heavy atom. The van der Waals surface area contributed by atoms with E-state index in [0.717, 1.165) is 25.9 Å². The maximum Gasteiger partial charge on any atom is 0.232 e. The van der Waals surface area contributed by atoms with Crippen LogP contribution in [0.4, 0.5) is 0 Å². The van der Waals surface area contributed by atoms with Crippen LogP contribution in [0.5, 0.6) is 0 Å². The molecule has 0 bridgehead atoms. The van der Waals surface area contributed by atoms with E-state index in [1.165, 1.54) is 0 Å². The van der Waals surface area contributed by atoms with Gasteiger partial charge in [0.1, 0.15) is 0 Å². The van der Waals surface area contributed by atoms with Crippen LogP contribution in [0.25, 0.3) is 0 Å². The molecule has 4 nitrogen and oxygen atoms in total. The minimum atomic E-state index is -3.37. The average molecular weight is 286 g/mol. The monoisotopic (exact) mass is 285 g/mol. The maximum atomic E-state index is 10.9. The van der Waals surface area contributed by atoms with Crippen LogP contribution in [0.2, 0.25) is 0 Å². The molecule has 0 aromatic carbocycles. The molecule has 0 aliphatic carbocycles. The van der Waals surface area contributed by atoms with Gasteiger partial charge in [-0.1, -0.05) is 13.8 Å². The summed E-state index contributed by atoms with van der Waals surface area (Å²) in [5, 5.41) is 0. The second kappa shape index (κ2) is 9.14. The Morgan fingerprint density at radius 3 is 2.24 bits per heavy atom. The summed E-state index contributed by atoms with van der Waals surface area (Å²) in [6, 6.07) is 0.489. The van der Waals surface area contributed by atoms with Gasteiger partial charge < -0.3 is 4.74 Å².